The van der Waals surface area contributed by atoms with Crippen LogP contribution in [0.4, 0.5) is 19.0 Å². The van der Waals surface area contributed by atoms with Crippen LogP contribution in [0.25, 0.3) is 21.8 Å². The molecule has 0 aliphatic rings. The van der Waals surface area contributed by atoms with Crippen LogP contribution in [0.2, 0.25) is 0 Å². The number of nitrogens with zero attached hydrogens (tertiary/aromatic N) is 4. The summed E-state index contributed by atoms with van der Waals surface area (Å²) >= 11 is 0. The molecule has 2 aromatic heterocycles. The van der Waals surface area contributed by atoms with Crippen molar-refractivity contribution >= 4 is 27.6 Å². The number of imidazole rings is 1. The number of halogens is 3. The van der Waals surface area contributed by atoms with Gasteiger partial charge < -0.3 is 15.2 Å². The van der Waals surface area contributed by atoms with Crippen molar-refractivity contribution in [1.82, 2.24) is 19.3 Å². The van der Waals surface area contributed by atoms with Crippen molar-refractivity contribution in [3.05, 3.63) is 63.5 Å². The standard InChI is InChI=1S/C24H26F3N5O3/c1-13(15-6-5-7-18(21(15)25)24(26,27)12-33)28-22-17-11-20-19(10-16(17)14(2)29-30-22)31(3)23(34)32(20)8-9-35-4/h5-7,10-11,13,33H,8-9,12H2,1-4H3,(H,28,30)/t13-/m1/s1. The second-order valence-corrected chi connectivity index (χ2v) is 8.44. The van der Waals surface area contributed by atoms with Crippen molar-refractivity contribution in [2.24, 2.45) is 7.05 Å². The topological polar surface area (TPSA) is 94.2 Å². The van der Waals surface area contributed by atoms with Gasteiger partial charge in [0.1, 0.15) is 12.4 Å². The molecule has 0 amide bonds. The number of fused-ring (bicyclic) bond motifs is 2. The highest BCUT2D eigenvalue weighted by Crippen LogP contribution is 2.34. The Hall–Kier alpha value is -3.44. The first-order chi connectivity index (χ1) is 16.6. The molecule has 0 fully saturated rings. The molecule has 0 unspecified atom stereocenters. The fraction of sp³-hybridized carbons (Fsp3) is 0.375. The van der Waals surface area contributed by atoms with Gasteiger partial charge >= 0.3 is 5.69 Å². The van der Waals surface area contributed by atoms with Crippen molar-refractivity contribution in [3.8, 4) is 0 Å². The number of aliphatic hydroxyl groups is 1. The zero-order chi connectivity index (χ0) is 25.5. The van der Waals surface area contributed by atoms with E-state index in [1.807, 2.05) is 12.1 Å². The minimum absolute atomic E-state index is 0.0102. The highest BCUT2D eigenvalue weighted by atomic mass is 19.3. The van der Waals surface area contributed by atoms with Crippen molar-refractivity contribution in [1.29, 1.82) is 0 Å². The molecule has 0 aliphatic heterocycles. The number of anilines is 1. The monoisotopic (exact) mass is 489 g/mol. The van der Waals surface area contributed by atoms with E-state index < -0.39 is 30.0 Å². The van der Waals surface area contributed by atoms with Crippen LogP contribution >= 0.6 is 0 Å². The van der Waals surface area contributed by atoms with E-state index in [9.17, 15) is 18.0 Å². The number of hydrogen-bond acceptors (Lipinski definition) is 6. The maximum atomic E-state index is 15.0. The van der Waals surface area contributed by atoms with E-state index in [1.54, 1.807) is 37.1 Å². The lowest BCUT2D eigenvalue weighted by Gasteiger charge is -2.21. The third-order valence-corrected chi connectivity index (χ3v) is 6.19. The molecule has 11 heteroatoms. The minimum Gasteiger partial charge on any atom is -0.390 e. The van der Waals surface area contributed by atoms with Crippen LogP contribution in [0.1, 0.15) is 29.8 Å². The maximum absolute atomic E-state index is 15.0. The fourth-order valence-corrected chi connectivity index (χ4v) is 4.22. The van der Waals surface area contributed by atoms with Gasteiger partial charge in [-0.1, -0.05) is 12.1 Å². The number of aromatic nitrogens is 4. The first-order valence-electron chi connectivity index (χ1n) is 11.0. The Morgan fingerprint density at radius 1 is 1.20 bits per heavy atom. The van der Waals surface area contributed by atoms with Gasteiger partial charge in [0.2, 0.25) is 0 Å². The smallest absolute Gasteiger partial charge is 0.328 e. The van der Waals surface area contributed by atoms with Crippen LogP contribution in [0.3, 0.4) is 0 Å². The molecule has 8 nitrogen and oxygen atoms in total. The van der Waals surface area contributed by atoms with Gasteiger partial charge in [-0.15, -0.1) is 5.10 Å². The molecule has 0 saturated heterocycles. The van der Waals surface area contributed by atoms with Gasteiger partial charge in [-0.25, -0.2) is 9.18 Å². The van der Waals surface area contributed by atoms with Crippen molar-refractivity contribution in [3.63, 3.8) is 0 Å². The highest BCUT2D eigenvalue weighted by Gasteiger charge is 2.35. The zero-order valence-electron chi connectivity index (χ0n) is 19.8. The van der Waals surface area contributed by atoms with E-state index in [2.05, 4.69) is 15.5 Å². The molecule has 0 radical (unpaired) electrons. The molecule has 186 valence electrons. The summed E-state index contributed by atoms with van der Waals surface area (Å²) in [7, 11) is 3.24. The van der Waals surface area contributed by atoms with E-state index in [-0.39, 0.29) is 11.3 Å². The second kappa shape index (κ2) is 9.31. The summed E-state index contributed by atoms with van der Waals surface area (Å²) in [5, 5.41) is 21.9. The largest absolute Gasteiger partial charge is 0.390 e. The van der Waals surface area contributed by atoms with E-state index in [4.69, 9.17) is 9.84 Å². The van der Waals surface area contributed by atoms with E-state index in [1.165, 1.54) is 12.1 Å². The molecule has 35 heavy (non-hydrogen) atoms. The number of alkyl halides is 2. The molecule has 4 aromatic rings. The first-order valence-corrected chi connectivity index (χ1v) is 11.0. The molecule has 2 heterocycles. The third kappa shape index (κ3) is 4.25. The van der Waals surface area contributed by atoms with Crippen LogP contribution in [0.15, 0.2) is 35.1 Å². The van der Waals surface area contributed by atoms with Crippen LogP contribution in [-0.4, -0.2) is 44.8 Å². The van der Waals surface area contributed by atoms with E-state index >= 15 is 0 Å². The highest BCUT2D eigenvalue weighted by molar-refractivity contribution is 6.01. The van der Waals surface area contributed by atoms with Gasteiger partial charge in [0.15, 0.2) is 5.82 Å². The second-order valence-electron chi connectivity index (χ2n) is 8.44. The SMILES string of the molecule is COCCn1c(=O)n(C)c2cc3c(C)nnc(N[C@H](C)c4cccc(C(F)(F)CO)c4F)c3cc21. The van der Waals surface area contributed by atoms with Crippen molar-refractivity contribution < 1.29 is 23.0 Å². The van der Waals surface area contributed by atoms with Gasteiger partial charge in [0, 0.05) is 30.5 Å². The number of benzene rings is 2. The Balaban J connectivity index is 1.82. The summed E-state index contributed by atoms with van der Waals surface area (Å²) < 4.78 is 51.3. The molecule has 1 atom stereocenters. The lowest BCUT2D eigenvalue weighted by molar-refractivity contribution is -0.0583. The first kappa shape index (κ1) is 24.7. The van der Waals surface area contributed by atoms with Gasteiger partial charge in [-0.2, -0.15) is 13.9 Å². The molecule has 0 saturated carbocycles. The van der Waals surface area contributed by atoms with Crippen molar-refractivity contribution in [2.75, 3.05) is 25.6 Å². The number of nitrogens with one attached hydrogen (secondary N) is 1. The molecule has 4 rings (SSSR count). The quantitative estimate of drug-likeness (QED) is 0.393. The predicted octanol–water partition coefficient (Wildman–Crippen LogP) is 3.63. The number of aliphatic hydroxyl groups excluding tert-OH is 1. The maximum Gasteiger partial charge on any atom is 0.328 e. The fourth-order valence-electron chi connectivity index (χ4n) is 4.22. The average molecular weight is 489 g/mol. The molecule has 0 bridgehead atoms. The lowest BCUT2D eigenvalue weighted by atomic mass is 10.00. The lowest BCUT2D eigenvalue weighted by Crippen LogP contribution is -2.23. The van der Waals surface area contributed by atoms with E-state index in [0.29, 0.717) is 41.1 Å². The summed E-state index contributed by atoms with van der Waals surface area (Å²) in [6.45, 7) is 2.60. The Kier molecular flexibility index (Phi) is 6.56. The zero-order valence-corrected chi connectivity index (χ0v) is 19.8. The number of methoxy groups -OCH3 is 1. The number of rotatable bonds is 8. The molecule has 2 N–H and O–H groups in total. The van der Waals surface area contributed by atoms with Gasteiger partial charge in [-0.05, 0) is 32.0 Å². The van der Waals surface area contributed by atoms with Gasteiger partial charge in [0.05, 0.1) is 41.5 Å². The number of hydrogen-bond donors (Lipinski definition) is 2. The summed E-state index contributed by atoms with van der Waals surface area (Å²) in [4.78, 5) is 12.8. The average Bonchev–Trinajstić information content (AvgIpc) is 3.07. The van der Waals surface area contributed by atoms with E-state index in [0.717, 1.165) is 11.5 Å². The molecule has 0 spiro atoms. The number of ether oxygens (including phenoxy) is 1. The summed E-state index contributed by atoms with van der Waals surface area (Å²) in [6.07, 6.45) is 0. The Labute approximate surface area is 199 Å². The molecular weight excluding hydrogens is 463 g/mol. The van der Waals surface area contributed by atoms with Crippen LogP contribution in [0, 0.1) is 12.7 Å². The normalized spacial score (nSPS) is 13.0. The molecular formula is C24H26F3N5O3. The van der Waals surface area contributed by atoms with Crippen LogP contribution in [0.5, 0.6) is 0 Å². The Morgan fingerprint density at radius 3 is 2.60 bits per heavy atom. The third-order valence-electron chi connectivity index (χ3n) is 6.19. The predicted molar refractivity (Wildman–Crippen MR) is 126 cm³/mol. The van der Waals surface area contributed by atoms with Crippen LogP contribution in [-0.2, 0) is 24.3 Å². The Bertz CT molecular complexity index is 1460. The Morgan fingerprint density at radius 2 is 1.91 bits per heavy atom. The summed E-state index contributed by atoms with van der Waals surface area (Å²) in [5.74, 6) is -4.50. The molecule has 2 aromatic carbocycles. The molecule has 0 aliphatic carbocycles. The van der Waals surface area contributed by atoms with Crippen molar-refractivity contribution in [2.45, 2.75) is 32.4 Å². The summed E-state index contributed by atoms with van der Waals surface area (Å²) in [6, 6.07) is 6.56. The summed E-state index contributed by atoms with van der Waals surface area (Å²) in [5.41, 5.74) is 0.924. The van der Waals surface area contributed by atoms with Gasteiger partial charge in [0.25, 0.3) is 5.92 Å². The van der Waals surface area contributed by atoms with Crippen LogP contribution < -0.4 is 11.0 Å². The minimum atomic E-state index is -3.71. The van der Waals surface area contributed by atoms with Gasteiger partial charge in [-0.3, -0.25) is 9.13 Å². The number of aryl methyl sites for hydroxylation is 2.